The number of carbonyl (C=O) groups is 1. The molecule has 3 rings (SSSR count). The van der Waals surface area contributed by atoms with Gasteiger partial charge in [0.05, 0.1) is 16.1 Å². The molecule has 128 valence electrons. The van der Waals surface area contributed by atoms with Crippen molar-refractivity contribution in [1.29, 1.82) is 0 Å². The standard InChI is InChI=1S/C17H10F4N2OS/c18-13-8-12(17(19,20)21)6-7-14(13)23(10-24)16-22-9-15(25-16)11-4-2-1-3-5-11/h1-10H. The van der Waals surface area contributed by atoms with Gasteiger partial charge in [-0.2, -0.15) is 13.2 Å². The maximum atomic E-state index is 14.1. The number of alkyl halides is 3. The number of hydrogen-bond acceptors (Lipinski definition) is 3. The van der Waals surface area contributed by atoms with Crippen LogP contribution in [-0.2, 0) is 11.0 Å². The Balaban J connectivity index is 1.96. The van der Waals surface area contributed by atoms with E-state index in [0.717, 1.165) is 38.8 Å². The van der Waals surface area contributed by atoms with Crippen LogP contribution in [0.25, 0.3) is 10.4 Å². The minimum absolute atomic E-state index is 0.160. The summed E-state index contributed by atoms with van der Waals surface area (Å²) < 4.78 is 52.0. The highest BCUT2D eigenvalue weighted by Gasteiger charge is 2.32. The summed E-state index contributed by atoms with van der Waals surface area (Å²) >= 11 is 1.13. The first-order chi connectivity index (χ1) is 11.9. The summed E-state index contributed by atoms with van der Waals surface area (Å²) in [7, 11) is 0. The predicted octanol–water partition coefficient (Wildman–Crippen LogP) is 5.26. The van der Waals surface area contributed by atoms with E-state index in [2.05, 4.69) is 4.98 Å². The minimum atomic E-state index is -4.66. The van der Waals surface area contributed by atoms with Gasteiger partial charge in [0.2, 0.25) is 6.41 Å². The molecule has 0 atom stereocenters. The summed E-state index contributed by atoms with van der Waals surface area (Å²) in [5.41, 5.74) is -0.550. The Kier molecular flexibility index (Phi) is 4.54. The van der Waals surface area contributed by atoms with Gasteiger partial charge in [-0.1, -0.05) is 41.7 Å². The number of thiazole rings is 1. The fraction of sp³-hybridized carbons (Fsp3) is 0.0588. The molecule has 3 nitrogen and oxygen atoms in total. The molecule has 8 heteroatoms. The summed E-state index contributed by atoms with van der Waals surface area (Å²) in [6.07, 6.45) is -2.82. The van der Waals surface area contributed by atoms with E-state index in [1.54, 1.807) is 0 Å². The second kappa shape index (κ2) is 6.64. The van der Waals surface area contributed by atoms with Gasteiger partial charge < -0.3 is 0 Å². The van der Waals surface area contributed by atoms with Crippen molar-refractivity contribution >= 4 is 28.6 Å². The molecule has 0 N–H and O–H groups in total. The van der Waals surface area contributed by atoms with Crippen LogP contribution in [0.1, 0.15) is 5.56 Å². The number of amides is 1. The van der Waals surface area contributed by atoms with Gasteiger partial charge in [0.25, 0.3) is 0 Å². The zero-order valence-electron chi connectivity index (χ0n) is 12.5. The first kappa shape index (κ1) is 17.1. The van der Waals surface area contributed by atoms with Crippen molar-refractivity contribution in [3.8, 4) is 10.4 Å². The Morgan fingerprint density at radius 1 is 1.08 bits per heavy atom. The van der Waals surface area contributed by atoms with Crippen molar-refractivity contribution in [3.05, 3.63) is 66.1 Å². The zero-order valence-corrected chi connectivity index (χ0v) is 13.3. The fourth-order valence-electron chi connectivity index (χ4n) is 2.20. The molecule has 25 heavy (non-hydrogen) atoms. The molecule has 0 aliphatic carbocycles. The molecule has 0 saturated heterocycles. The minimum Gasteiger partial charge on any atom is -0.278 e. The van der Waals surface area contributed by atoms with Gasteiger partial charge in [-0.05, 0) is 23.8 Å². The average molecular weight is 366 g/mol. The third-order valence-corrected chi connectivity index (χ3v) is 4.44. The van der Waals surface area contributed by atoms with Crippen LogP contribution in [0.5, 0.6) is 0 Å². The Hall–Kier alpha value is -2.74. The smallest absolute Gasteiger partial charge is 0.278 e. The molecular formula is C17H10F4N2OS. The number of halogens is 4. The highest BCUT2D eigenvalue weighted by molar-refractivity contribution is 7.19. The second-order valence-electron chi connectivity index (χ2n) is 5.01. The van der Waals surface area contributed by atoms with Crippen molar-refractivity contribution in [1.82, 2.24) is 4.98 Å². The predicted molar refractivity (Wildman–Crippen MR) is 87.2 cm³/mol. The molecule has 1 amide bonds. The van der Waals surface area contributed by atoms with Crippen molar-refractivity contribution in [2.75, 3.05) is 4.90 Å². The number of aromatic nitrogens is 1. The van der Waals surface area contributed by atoms with Gasteiger partial charge in [0.15, 0.2) is 5.13 Å². The van der Waals surface area contributed by atoms with Gasteiger partial charge in [0.1, 0.15) is 5.82 Å². The van der Waals surface area contributed by atoms with E-state index < -0.39 is 17.6 Å². The number of carbonyl (C=O) groups excluding carboxylic acids is 1. The first-order valence-electron chi connectivity index (χ1n) is 7.02. The van der Waals surface area contributed by atoms with E-state index in [-0.39, 0.29) is 10.8 Å². The lowest BCUT2D eigenvalue weighted by atomic mass is 10.2. The third-order valence-electron chi connectivity index (χ3n) is 3.40. The van der Waals surface area contributed by atoms with Gasteiger partial charge >= 0.3 is 6.18 Å². The number of anilines is 2. The molecular weight excluding hydrogens is 356 g/mol. The van der Waals surface area contributed by atoms with E-state index in [0.29, 0.717) is 12.5 Å². The molecule has 0 saturated carbocycles. The first-order valence-corrected chi connectivity index (χ1v) is 7.84. The summed E-state index contributed by atoms with van der Waals surface area (Å²) in [4.78, 5) is 17.1. The molecule has 1 aromatic heterocycles. The van der Waals surface area contributed by atoms with Crippen molar-refractivity contribution in [2.45, 2.75) is 6.18 Å². The molecule has 3 aromatic rings. The monoisotopic (exact) mass is 366 g/mol. The number of benzene rings is 2. The van der Waals surface area contributed by atoms with Crippen LogP contribution < -0.4 is 4.90 Å². The highest BCUT2D eigenvalue weighted by atomic mass is 32.1. The Labute approximate surface area is 144 Å². The highest BCUT2D eigenvalue weighted by Crippen LogP contribution is 2.37. The maximum absolute atomic E-state index is 14.1. The summed E-state index contributed by atoms with van der Waals surface area (Å²) in [6, 6.07) is 11.2. The van der Waals surface area contributed by atoms with Crippen molar-refractivity contribution in [3.63, 3.8) is 0 Å². The zero-order chi connectivity index (χ0) is 18.0. The van der Waals surface area contributed by atoms with Crippen LogP contribution in [0.15, 0.2) is 54.7 Å². The van der Waals surface area contributed by atoms with E-state index in [1.165, 1.54) is 6.20 Å². The molecule has 0 aliphatic heterocycles. The Bertz CT molecular complexity index is 893. The normalized spacial score (nSPS) is 11.4. The number of nitrogens with zero attached hydrogens (tertiary/aromatic N) is 2. The summed E-state index contributed by atoms with van der Waals surface area (Å²) in [5.74, 6) is -1.15. The number of hydrogen-bond donors (Lipinski definition) is 0. The molecule has 0 aliphatic rings. The van der Waals surface area contributed by atoms with Crippen LogP contribution in [0.2, 0.25) is 0 Å². The quantitative estimate of drug-likeness (QED) is 0.466. The van der Waals surface area contributed by atoms with E-state index in [4.69, 9.17) is 0 Å². The third kappa shape index (κ3) is 3.53. The van der Waals surface area contributed by atoms with Gasteiger partial charge in [0, 0.05) is 6.20 Å². The SMILES string of the molecule is O=CN(c1ncc(-c2ccccc2)s1)c1ccc(C(F)(F)F)cc1F. The van der Waals surface area contributed by atoms with Crippen LogP contribution >= 0.6 is 11.3 Å². The van der Waals surface area contributed by atoms with Gasteiger partial charge in [-0.3, -0.25) is 9.69 Å². The molecule has 0 bridgehead atoms. The lowest BCUT2D eigenvalue weighted by Crippen LogP contribution is -2.16. The Morgan fingerprint density at radius 2 is 1.80 bits per heavy atom. The largest absolute Gasteiger partial charge is 0.416 e. The second-order valence-corrected chi connectivity index (χ2v) is 6.02. The van der Waals surface area contributed by atoms with Crippen LogP contribution in [-0.4, -0.2) is 11.4 Å². The maximum Gasteiger partial charge on any atom is 0.416 e. The lowest BCUT2D eigenvalue weighted by molar-refractivity contribution is -0.137. The lowest BCUT2D eigenvalue weighted by Gasteiger charge is -2.16. The average Bonchev–Trinajstić information content (AvgIpc) is 3.06. The number of rotatable bonds is 4. The summed E-state index contributed by atoms with van der Waals surface area (Å²) in [5, 5.41) is 0.160. The Morgan fingerprint density at radius 3 is 2.40 bits per heavy atom. The fourth-order valence-corrected chi connectivity index (χ4v) is 3.10. The molecule has 1 heterocycles. The topological polar surface area (TPSA) is 33.2 Å². The molecule has 0 spiro atoms. The van der Waals surface area contributed by atoms with Gasteiger partial charge in [-0.15, -0.1) is 0 Å². The van der Waals surface area contributed by atoms with E-state index in [1.807, 2.05) is 30.3 Å². The van der Waals surface area contributed by atoms with Crippen LogP contribution in [0.4, 0.5) is 28.4 Å². The van der Waals surface area contributed by atoms with Crippen molar-refractivity contribution < 1.29 is 22.4 Å². The van der Waals surface area contributed by atoms with Crippen LogP contribution in [0.3, 0.4) is 0 Å². The molecule has 0 unspecified atom stereocenters. The molecule has 0 fully saturated rings. The van der Waals surface area contributed by atoms with Crippen molar-refractivity contribution in [2.24, 2.45) is 0 Å². The van der Waals surface area contributed by atoms with E-state index in [9.17, 15) is 22.4 Å². The van der Waals surface area contributed by atoms with Gasteiger partial charge in [-0.25, -0.2) is 9.37 Å². The van der Waals surface area contributed by atoms with E-state index >= 15 is 0 Å². The summed E-state index contributed by atoms with van der Waals surface area (Å²) in [6.45, 7) is 0. The molecule has 2 aromatic carbocycles. The van der Waals surface area contributed by atoms with Crippen LogP contribution in [0, 0.1) is 5.82 Å². The molecule has 0 radical (unpaired) electrons.